The van der Waals surface area contributed by atoms with Crippen LogP contribution in [0.5, 0.6) is 0 Å². The number of benzene rings is 3. The van der Waals surface area contributed by atoms with E-state index in [1.54, 1.807) is 10.6 Å². The van der Waals surface area contributed by atoms with Gasteiger partial charge in [-0.15, -0.1) is 0 Å². The molecule has 4 nitrogen and oxygen atoms in total. The number of rotatable bonds is 8. The number of halogens is 1. The van der Waals surface area contributed by atoms with Crippen LogP contribution in [0, 0.1) is 12.7 Å². The van der Waals surface area contributed by atoms with Crippen LogP contribution in [0.25, 0.3) is 10.9 Å². The van der Waals surface area contributed by atoms with Crippen molar-refractivity contribution < 1.29 is 14.3 Å². The molecule has 0 bridgehead atoms. The Morgan fingerprint density at radius 1 is 1.06 bits per heavy atom. The van der Waals surface area contributed by atoms with Crippen LogP contribution >= 0.6 is 0 Å². The third kappa shape index (κ3) is 4.58. The zero-order valence-corrected chi connectivity index (χ0v) is 18.3. The Hall–Kier alpha value is -3.44. The summed E-state index contributed by atoms with van der Waals surface area (Å²) in [4.78, 5) is 12.4. The summed E-state index contributed by atoms with van der Waals surface area (Å²) >= 11 is 0. The van der Waals surface area contributed by atoms with Crippen molar-refractivity contribution in [2.75, 3.05) is 6.54 Å². The fraction of sp³-hybridized carbons (Fsp3) is 0.222. The first-order valence-corrected chi connectivity index (χ1v) is 10.8. The van der Waals surface area contributed by atoms with Gasteiger partial charge < -0.3 is 15.0 Å². The van der Waals surface area contributed by atoms with Gasteiger partial charge in [-0.05, 0) is 47.7 Å². The van der Waals surface area contributed by atoms with Gasteiger partial charge >= 0.3 is 5.97 Å². The molecule has 4 rings (SSSR count). The number of fused-ring (bicyclic) bond motifs is 1. The molecule has 4 aromatic rings. The predicted molar refractivity (Wildman–Crippen MR) is 126 cm³/mol. The molecule has 0 amide bonds. The highest BCUT2D eigenvalue weighted by Gasteiger charge is 2.22. The van der Waals surface area contributed by atoms with Crippen molar-refractivity contribution in [1.82, 2.24) is 9.88 Å². The molecule has 164 valence electrons. The SMILES string of the molecule is Cc1ccc2c(CNC[C@H](C)c3ccccc3)c(C(=O)O)n(Cc3cccc(F)c3)c2c1. The molecule has 0 spiro atoms. The van der Waals surface area contributed by atoms with Gasteiger partial charge in [0.05, 0.1) is 0 Å². The Balaban J connectivity index is 1.68. The maximum atomic E-state index is 13.8. The van der Waals surface area contributed by atoms with E-state index in [-0.39, 0.29) is 11.5 Å². The lowest BCUT2D eigenvalue weighted by Crippen LogP contribution is -2.21. The van der Waals surface area contributed by atoms with Crippen molar-refractivity contribution in [1.29, 1.82) is 0 Å². The van der Waals surface area contributed by atoms with Gasteiger partial charge in [-0.3, -0.25) is 0 Å². The zero-order valence-electron chi connectivity index (χ0n) is 18.3. The van der Waals surface area contributed by atoms with Crippen molar-refractivity contribution >= 4 is 16.9 Å². The number of carboxylic acids is 1. The van der Waals surface area contributed by atoms with Gasteiger partial charge in [-0.1, -0.05) is 61.5 Å². The number of nitrogens with one attached hydrogen (secondary N) is 1. The minimum Gasteiger partial charge on any atom is -0.477 e. The number of carbonyl (C=O) groups is 1. The lowest BCUT2D eigenvalue weighted by Gasteiger charge is -2.14. The number of aryl methyl sites for hydroxylation is 1. The second-order valence-electron chi connectivity index (χ2n) is 8.31. The minimum atomic E-state index is -0.983. The van der Waals surface area contributed by atoms with Crippen molar-refractivity contribution in [3.8, 4) is 0 Å². The maximum Gasteiger partial charge on any atom is 0.352 e. The number of hydrogen-bond acceptors (Lipinski definition) is 2. The van der Waals surface area contributed by atoms with E-state index < -0.39 is 5.97 Å². The van der Waals surface area contributed by atoms with E-state index in [4.69, 9.17) is 0 Å². The van der Waals surface area contributed by atoms with E-state index in [1.165, 1.54) is 17.7 Å². The summed E-state index contributed by atoms with van der Waals surface area (Å²) in [7, 11) is 0. The second kappa shape index (κ2) is 9.37. The van der Waals surface area contributed by atoms with Crippen LogP contribution in [-0.2, 0) is 13.1 Å². The van der Waals surface area contributed by atoms with Gasteiger partial charge in [0.15, 0.2) is 0 Å². The zero-order chi connectivity index (χ0) is 22.7. The fourth-order valence-corrected chi connectivity index (χ4v) is 4.25. The average molecular weight is 431 g/mol. The third-order valence-corrected chi connectivity index (χ3v) is 5.88. The summed E-state index contributed by atoms with van der Waals surface area (Å²) in [6, 6.07) is 22.5. The largest absolute Gasteiger partial charge is 0.477 e. The molecule has 1 heterocycles. The monoisotopic (exact) mass is 430 g/mol. The van der Waals surface area contributed by atoms with E-state index >= 15 is 0 Å². The molecule has 0 saturated carbocycles. The summed E-state index contributed by atoms with van der Waals surface area (Å²) in [5.74, 6) is -1.01. The van der Waals surface area contributed by atoms with Gasteiger partial charge in [0.2, 0.25) is 0 Å². The van der Waals surface area contributed by atoms with E-state index in [9.17, 15) is 14.3 Å². The van der Waals surface area contributed by atoms with Crippen molar-refractivity contribution in [2.45, 2.75) is 32.9 Å². The first kappa shape index (κ1) is 21.8. The van der Waals surface area contributed by atoms with Crippen molar-refractivity contribution in [3.05, 3.63) is 107 Å². The molecular formula is C27H27FN2O2. The molecule has 0 radical (unpaired) electrons. The van der Waals surface area contributed by atoms with Crippen molar-refractivity contribution in [3.63, 3.8) is 0 Å². The number of hydrogen-bond donors (Lipinski definition) is 2. The Morgan fingerprint density at radius 3 is 2.56 bits per heavy atom. The molecule has 0 saturated heterocycles. The molecule has 32 heavy (non-hydrogen) atoms. The molecule has 0 aliphatic carbocycles. The van der Waals surface area contributed by atoms with Crippen LogP contribution in [0.15, 0.2) is 72.8 Å². The molecule has 1 atom stereocenters. The normalized spacial score (nSPS) is 12.2. The smallest absolute Gasteiger partial charge is 0.352 e. The summed E-state index contributed by atoms with van der Waals surface area (Å²) in [6.07, 6.45) is 0. The molecule has 3 aromatic carbocycles. The van der Waals surface area contributed by atoms with Crippen LogP contribution in [0.1, 0.15) is 45.6 Å². The highest BCUT2D eigenvalue weighted by Crippen LogP contribution is 2.29. The van der Waals surface area contributed by atoms with E-state index in [0.717, 1.165) is 34.1 Å². The first-order chi connectivity index (χ1) is 15.4. The van der Waals surface area contributed by atoms with Gasteiger partial charge in [-0.2, -0.15) is 0 Å². The molecule has 0 unspecified atom stereocenters. The van der Waals surface area contributed by atoms with E-state index in [0.29, 0.717) is 19.0 Å². The highest BCUT2D eigenvalue weighted by molar-refractivity contribution is 5.98. The Bertz CT molecular complexity index is 1250. The van der Waals surface area contributed by atoms with Crippen LogP contribution < -0.4 is 5.32 Å². The van der Waals surface area contributed by atoms with Crippen LogP contribution in [0.3, 0.4) is 0 Å². The second-order valence-corrected chi connectivity index (χ2v) is 8.31. The Labute approximate surface area is 187 Å². The average Bonchev–Trinajstić information content (AvgIpc) is 3.07. The lowest BCUT2D eigenvalue weighted by atomic mass is 10.0. The summed E-state index contributed by atoms with van der Waals surface area (Å²) in [5.41, 5.74) is 4.86. The van der Waals surface area contributed by atoms with Crippen LogP contribution in [0.4, 0.5) is 4.39 Å². The summed E-state index contributed by atoms with van der Waals surface area (Å²) in [5, 5.41) is 14.5. The van der Waals surface area contributed by atoms with Gasteiger partial charge in [0.25, 0.3) is 0 Å². The fourth-order valence-electron chi connectivity index (χ4n) is 4.25. The molecule has 0 aliphatic rings. The number of aromatic carboxylic acids is 1. The third-order valence-electron chi connectivity index (χ3n) is 5.88. The topological polar surface area (TPSA) is 54.3 Å². The van der Waals surface area contributed by atoms with Gasteiger partial charge in [0, 0.05) is 36.1 Å². The summed E-state index contributed by atoms with van der Waals surface area (Å²) < 4.78 is 15.5. The Morgan fingerprint density at radius 2 is 1.84 bits per heavy atom. The first-order valence-electron chi connectivity index (χ1n) is 10.8. The molecular weight excluding hydrogens is 403 g/mol. The molecule has 0 aliphatic heterocycles. The van der Waals surface area contributed by atoms with Crippen molar-refractivity contribution in [2.24, 2.45) is 0 Å². The summed E-state index contributed by atoms with van der Waals surface area (Å²) in [6.45, 7) is 5.59. The predicted octanol–water partition coefficient (Wildman–Crippen LogP) is 5.73. The van der Waals surface area contributed by atoms with E-state index in [2.05, 4.69) is 24.4 Å². The highest BCUT2D eigenvalue weighted by atomic mass is 19.1. The van der Waals surface area contributed by atoms with Crippen LogP contribution in [0.2, 0.25) is 0 Å². The number of carboxylic acid groups (broad SMARTS) is 1. The molecule has 2 N–H and O–H groups in total. The quantitative estimate of drug-likeness (QED) is 0.375. The number of aromatic nitrogens is 1. The molecule has 5 heteroatoms. The molecule has 1 aromatic heterocycles. The minimum absolute atomic E-state index is 0.245. The van der Waals surface area contributed by atoms with E-state index in [1.807, 2.05) is 49.4 Å². The number of nitrogens with zero attached hydrogens (tertiary/aromatic N) is 1. The van der Waals surface area contributed by atoms with Gasteiger partial charge in [0.1, 0.15) is 11.5 Å². The van der Waals surface area contributed by atoms with Crippen LogP contribution in [-0.4, -0.2) is 22.2 Å². The Kier molecular flexibility index (Phi) is 6.37. The standard InChI is InChI=1S/C27H27FN2O2/c1-18-11-12-23-24(16-29-15-19(2)21-8-4-3-5-9-21)26(27(31)32)30(25(23)13-18)17-20-7-6-10-22(28)14-20/h3-14,19,29H,15-17H2,1-2H3,(H,31,32)/t19-/m0/s1. The van der Waals surface area contributed by atoms with Gasteiger partial charge in [-0.25, -0.2) is 9.18 Å². The lowest BCUT2D eigenvalue weighted by molar-refractivity contribution is 0.0684. The molecule has 0 fully saturated rings. The maximum absolute atomic E-state index is 13.8.